The first-order chi connectivity index (χ1) is 15.9. The zero-order valence-electron chi connectivity index (χ0n) is 19.0. The molecule has 164 valence electrons. The maximum absolute atomic E-state index is 13.4. The van der Waals surface area contributed by atoms with Crippen LogP contribution in [0, 0.1) is 18.3 Å². The lowest BCUT2D eigenvalue weighted by molar-refractivity contribution is 0.407. The molecule has 0 aliphatic heterocycles. The number of fused-ring (bicyclic) bond motifs is 1. The molecule has 0 fully saturated rings. The second-order valence-electron chi connectivity index (χ2n) is 8.11. The van der Waals surface area contributed by atoms with Crippen molar-refractivity contribution in [2.45, 2.75) is 26.7 Å². The van der Waals surface area contributed by atoms with Crippen LogP contribution in [0.4, 0.5) is 0 Å². The van der Waals surface area contributed by atoms with Gasteiger partial charge < -0.3 is 4.74 Å². The van der Waals surface area contributed by atoms with E-state index in [1.54, 1.807) is 43.7 Å². The van der Waals surface area contributed by atoms with E-state index < -0.39 is 0 Å². The molecule has 0 amide bonds. The lowest BCUT2D eigenvalue weighted by atomic mass is 9.96. The molecule has 0 bridgehead atoms. The Kier molecular flexibility index (Phi) is 6.05. The molecule has 0 unspecified atom stereocenters. The highest BCUT2D eigenvalue weighted by Gasteiger charge is 2.18. The number of aromatic nitrogens is 2. The van der Waals surface area contributed by atoms with Crippen LogP contribution in [0.15, 0.2) is 70.6 Å². The summed E-state index contributed by atoms with van der Waals surface area (Å²) in [5.41, 5.74) is 4.48. The molecule has 33 heavy (non-hydrogen) atoms. The summed E-state index contributed by atoms with van der Waals surface area (Å²) in [4.78, 5) is 18.3. The van der Waals surface area contributed by atoms with Crippen molar-refractivity contribution >= 4 is 17.1 Å². The molecule has 0 aliphatic carbocycles. The third-order valence-electron chi connectivity index (χ3n) is 5.56. The lowest BCUT2D eigenvalue weighted by Gasteiger charge is -2.17. The van der Waals surface area contributed by atoms with Crippen LogP contribution in [0.3, 0.4) is 0 Å². The fourth-order valence-corrected chi connectivity index (χ4v) is 3.74. The summed E-state index contributed by atoms with van der Waals surface area (Å²) in [7, 11) is 1.66. The van der Waals surface area contributed by atoms with Gasteiger partial charge in [0.2, 0.25) is 0 Å². The highest BCUT2D eigenvalue weighted by molar-refractivity contribution is 5.82. The Morgan fingerprint density at radius 1 is 1.12 bits per heavy atom. The number of hydrogen-bond acceptors (Lipinski definition) is 5. The van der Waals surface area contributed by atoms with Crippen molar-refractivity contribution < 1.29 is 4.74 Å². The highest BCUT2D eigenvalue weighted by Crippen LogP contribution is 2.34. The Balaban J connectivity index is 1.96. The number of ether oxygens (including phenoxy) is 1. The average molecular weight is 437 g/mol. The summed E-state index contributed by atoms with van der Waals surface area (Å²) in [6, 6.07) is 20.4. The van der Waals surface area contributed by atoms with Crippen LogP contribution in [0.5, 0.6) is 5.75 Å². The van der Waals surface area contributed by atoms with E-state index in [4.69, 9.17) is 15.0 Å². The minimum Gasteiger partial charge on any atom is -0.496 e. The minimum absolute atomic E-state index is 0.224. The van der Waals surface area contributed by atoms with E-state index in [0.29, 0.717) is 22.3 Å². The molecule has 4 rings (SSSR count). The molecule has 0 spiro atoms. The van der Waals surface area contributed by atoms with Crippen LogP contribution in [0.1, 0.15) is 42.0 Å². The number of benzene rings is 3. The smallest absolute Gasteiger partial charge is 0.282 e. The van der Waals surface area contributed by atoms with Crippen molar-refractivity contribution in [1.82, 2.24) is 9.66 Å². The van der Waals surface area contributed by atoms with Crippen LogP contribution < -0.4 is 10.3 Å². The van der Waals surface area contributed by atoms with E-state index in [9.17, 15) is 4.79 Å². The van der Waals surface area contributed by atoms with Gasteiger partial charge in [-0.05, 0) is 65.9 Å². The van der Waals surface area contributed by atoms with Gasteiger partial charge in [-0.3, -0.25) is 4.79 Å². The largest absolute Gasteiger partial charge is 0.496 e. The summed E-state index contributed by atoms with van der Waals surface area (Å²) in [5.74, 6) is 1.50. The van der Waals surface area contributed by atoms with Gasteiger partial charge in [0, 0.05) is 5.56 Å². The summed E-state index contributed by atoms with van der Waals surface area (Å²) in [6.07, 6.45) is 1.60. The molecule has 6 nitrogen and oxygen atoms in total. The van der Waals surface area contributed by atoms with Gasteiger partial charge in [0.25, 0.3) is 5.56 Å². The van der Waals surface area contributed by atoms with Crippen LogP contribution in [-0.2, 0) is 0 Å². The van der Waals surface area contributed by atoms with Gasteiger partial charge in [-0.1, -0.05) is 38.1 Å². The van der Waals surface area contributed by atoms with Gasteiger partial charge in [-0.2, -0.15) is 15.0 Å². The number of hydrogen-bond donors (Lipinski definition) is 0. The minimum atomic E-state index is -0.248. The standard InChI is InChI=1S/C27H24N4O2/c1-17(2)22-14-23(18(3)13-25(22)33-4)26-30-24-8-6-5-7-21(24)27(32)31(26)29-16-20-11-9-19(15-28)10-12-20/h5-14,16-17H,1-4H3. The van der Waals surface area contributed by atoms with E-state index in [-0.39, 0.29) is 11.5 Å². The van der Waals surface area contributed by atoms with Crippen molar-refractivity contribution in [2.75, 3.05) is 7.11 Å². The molecule has 0 saturated carbocycles. The molecule has 0 saturated heterocycles. The Labute approximate surface area is 192 Å². The predicted molar refractivity (Wildman–Crippen MR) is 131 cm³/mol. The van der Waals surface area contributed by atoms with Gasteiger partial charge >= 0.3 is 0 Å². The van der Waals surface area contributed by atoms with E-state index in [2.05, 4.69) is 25.0 Å². The summed E-state index contributed by atoms with van der Waals surface area (Å²) < 4.78 is 6.93. The zero-order valence-corrected chi connectivity index (χ0v) is 19.0. The van der Waals surface area contributed by atoms with Gasteiger partial charge in [0.15, 0.2) is 5.82 Å². The maximum atomic E-state index is 13.4. The molecule has 6 heteroatoms. The second-order valence-corrected chi connectivity index (χ2v) is 8.11. The fourth-order valence-electron chi connectivity index (χ4n) is 3.74. The summed E-state index contributed by atoms with van der Waals surface area (Å²) >= 11 is 0. The molecule has 1 aromatic heterocycles. The van der Waals surface area contributed by atoms with Crippen LogP contribution in [0.2, 0.25) is 0 Å². The number of para-hydroxylation sites is 1. The fraction of sp³-hybridized carbons (Fsp3) is 0.185. The molecule has 0 radical (unpaired) electrons. The Morgan fingerprint density at radius 3 is 2.52 bits per heavy atom. The van der Waals surface area contributed by atoms with Crippen LogP contribution in [-0.4, -0.2) is 23.0 Å². The molecule has 3 aromatic carbocycles. The number of methoxy groups -OCH3 is 1. The van der Waals surface area contributed by atoms with Crippen molar-refractivity contribution in [3.8, 4) is 23.2 Å². The first-order valence-electron chi connectivity index (χ1n) is 10.7. The quantitative estimate of drug-likeness (QED) is 0.400. The SMILES string of the molecule is COc1cc(C)c(-c2nc3ccccc3c(=O)n2N=Cc2ccc(C#N)cc2)cc1C(C)C. The monoisotopic (exact) mass is 436 g/mol. The van der Waals surface area contributed by atoms with E-state index in [0.717, 1.165) is 28.0 Å². The number of rotatable bonds is 5. The van der Waals surface area contributed by atoms with Gasteiger partial charge in [-0.15, -0.1) is 0 Å². The first kappa shape index (κ1) is 22.0. The topological polar surface area (TPSA) is 80.3 Å². The average Bonchev–Trinajstić information content (AvgIpc) is 2.83. The molecule has 0 aliphatic rings. The first-order valence-corrected chi connectivity index (χ1v) is 10.7. The lowest BCUT2D eigenvalue weighted by Crippen LogP contribution is -2.20. The predicted octanol–water partition coefficient (Wildman–Crippen LogP) is 5.26. The van der Waals surface area contributed by atoms with Crippen molar-refractivity contribution in [1.29, 1.82) is 5.26 Å². The molecule has 4 aromatic rings. The maximum Gasteiger partial charge on any atom is 0.282 e. The third kappa shape index (κ3) is 4.26. The van der Waals surface area contributed by atoms with Gasteiger partial charge in [0.05, 0.1) is 35.9 Å². The Bertz CT molecular complexity index is 1460. The van der Waals surface area contributed by atoms with E-state index >= 15 is 0 Å². The van der Waals surface area contributed by atoms with Gasteiger partial charge in [0.1, 0.15) is 5.75 Å². The van der Waals surface area contributed by atoms with Crippen molar-refractivity contribution in [3.63, 3.8) is 0 Å². The summed E-state index contributed by atoms with van der Waals surface area (Å²) in [6.45, 7) is 6.17. The number of aryl methyl sites for hydroxylation is 1. The van der Waals surface area contributed by atoms with Gasteiger partial charge in [-0.25, -0.2) is 4.98 Å². The van der Waals surface area contributed by atoms with Crippen molar-refractivity contribution in [3.05, 3.63) is 93.3 Å². The van der Waals surface area contributed by atoms with E-state index in [1.807, 2.05) is 37.3 Å². The third-order valence-corrected chi connectivity index (χ3v) is 5.56. The molecular formula is C27H24N4O2. The zero-order chi connectivity index (χ0) is 23.5. The number of nitrogens with zero attached hydrogens (tertiary/aromatic N) is 4. The molecule has 0 N–H and O–H groups in total. The molecular weight excluding hydrogens is 412 g/mol. The summed E-state index contributed by atoms with van der Waals surface area (Å²) in [5, 5.41) is 14.0. The Hall–Kier alpha value is -4.24. The molecule has 1 heterocycles. The number of nitriles is 1. The second kappa shape index (κ2) is 9.09. The van der Waals surface area contributed by atoms with Crippen molar-refractivity contribution in [2.24, 2.45) is 5.10 Å². The highest BCUT2D eigenvalue weighted by atomic mass is 16.5. The van der Waals surface area contributed by atoms with E-state index in [1.165, 1.54) is 4.68 Å². The Morgan fingerprint density at radius 2 is 1.85 bits per heavy atom. The van der Waals surface area contributed by atoms with Crippen LogP contribution >= 0.6 is 0 Å². The normalized spacial score (nSPS) is 11.3. The van der Waals surface area contributed by atoms with Crippen LogP contribution in [0.25, 0.3) is 22.3 Å². The molecule has 0 atom stereocenters.